The number of allylic oxidation sites excluding steroid dienone is 4. The minimum atomic E-state index is -5.07. The van der Waals surface area contributed by atoms with Crippen LogP contribution in [-0.2, 0) is 20.0 Å². The second kappa shape index (κ2) is 9.24. The maximum atomic E-state index is 11.9. The second-order valence-electron chi connectivity index (χ2n) is 6.96. The van der Waals surface area contributed by atoms with E-state index in [1.54, 1.807) is 0 Å². The third-order valence-corrected chi connectivity index (χ3v) is 5.10. The maximum Gasteiger partial charge on any atom is 0.446 e. The number of carbonyl (C=O) groups is 4. The molecule has 0 aliphatic heterocycles. The van der Waals surface area contributed by atoms with Gasteiger partial charge in [-0.05, 0) is 58.7 Å². The fourth-order valence-electron chi connectivity index (χ4n) is 3.25. The fourth-order valence-corrected chi connectivity index (χ4v) is 3.63. The summed E-state index contributed by atoms with van der Waals surface area (Å²) in [6.07, 6.45) is 3.17. The van der Waals surface area contributed by atoms with Crippen LogP contribution in [0.15, 0.2) is 65.8 Å². The number of hydrogen-bond acceptors (Lipinski definition) is 8. The van der Waals surface area contributed by atoms with Crippen LogP contribution < -0.4 is 4.18 Å². The molecule has 0 heterocycles. The molecule has 0 atom stereocenters. The highest BCUT2D eigenvalue weighted by molar-refractivity contribution is 7.81. The number of hydrogen-bond donors (Lipinski definition) is 5. The Balaban J connectivity index is 2.38. The molecule has 3 rings (SSSR count). The first-order valence-electron chi connectivity index (χ1n) is 9.31. The molecular formula is C22H14O12S. The minimum absolute atomic E-state index is 0.0158. The predicted octanol–water partition coefficient (Wildman–Crippen LogP) is 1.92. The van der Waals surface area contributed by atoms with Crippen molar-refractivity contribution >= 4 is 39.7 Å². The molecule has 0 bridgehead atoms. The molecule has 0 amide bonds. The van der Waals surface area contributed by atoms with E-state index >= 15 is 0 Å². The quantitative estimate of drug-likeness (QED) is 0.271. The van der Waals surface area contributed by atoms with Crippen LogP contribution in [0.1, 0.15) is 31.8 Å². The van der Waals surface area contributed by atoms with Gasteiger partial charge in [0.1, 0.15) is 22.4 Å². The number of carbonyl (C=O) groups excluding carboxylic acids is 1. The molecule has 0 spiro atoms. The van der Waals surface area contributed by atoms with Gasteiger partial charge in [-0.3, -0.25) is 9.35 Å². The molecule has 1 aliphatic rings. The molecule has 0 radical (unpaired) electrons. The first-order chi connectivity index (χ1) is 16.3. The molecule has 35 heavy (non-hydrogen) atoms. The summed E-state index contributed by atoms with van der Waals surface area (Å²) in [5.41, 5.74) is -1.67. The summed E-state index contributed by atoms with van der Waals surface area (Å²) in [5.74, 6) is -6.82. The Kier molecular flexibility index (Phi) is 6.57. The van der Waals surface area contributed by atoms with Gasteiger partial charge in [-0.25, -0.2) is 14.4 Å². The average Bonchev–Trinajstić information content (AvgIpc) is 2.75. The molecule has 2 aromatic rings. The van der Waals surface area contributed by atoms with Gasteiger partial charge in [0, 0.05) is 0 Å². The predicted molar refractivity (Wildman–Crippen MR) is 117 cm³/mol. The van der Waals surface area contributed by atoms with Crippen LogP contribution in [0.25, 0.3) is 5.57 Å². The van der Waals surface area contributed by atoms with E-state index in [1.165, 1.54) is 18.2 Å². The van der Waals surface area contributed by atoms with Gasteiger partial charge in [-0.15, -0.1) is 0 Å². The first kappa shape index (κ1) is 24.9. The summed E-state index contributed by atoms with van der Waals surface area (Å²) in [4.78, 5) is 46.7. The lowest BCUT2D eigenvalue weighted by Crippen LogP contribution is -2.13. The number of aliphatic carboxylic acids is 1. The van der Waals surface area contributed by atoms with E-state index in [0.29, 0.717) is 0 Å². The molecule has 0 unspecified atom stereocenters. The normalized spacial score (nSPS) is 14.8. The van der Waals surface area contributed by atoms with Crippen LogP contribution in [0.5, 0.6) is 11.5 Å². The monoisotopic (exact) mass is 502 g/mol. The fraction of sp³-hybridized carbons (Fsp3) is 0. The molecule has 13 heteroatoms. The summed E-state index contributed by atoms with van der Waals surface area (Å²) in [6.45, 7) is 0. The second-order valence-corrected chi connectivity index (χ2v) is 7.98. The molecule has 1 aliphatic carbocycles. The van der Waals surface area contributed by atoms with Crippen LogP contribution in [0.2, 0.25) is 0 Å². The maximum absolute atomic E-state index is 11.9. The van der Waals surface area contributed by atoms with Crippen molar-refractivity contribution in [1.29, 1.82) is 0 Å². The van der Waals surface area contributed by atoms with E-state index in [1.807, 2.05) is 0 Å². The van der Waals surface area contributed by atoms with Gasteiger partial charge in [0.05, 0.1) is 0 Å². The Bertz CT molecular complexity index is 1490. The van der Waals surface area contributed by atoms with Crippen LogP contribution in [0, 0.1) is 0 Å². The summed E-state index contributed by atoms with van der Waals surface area (Å²) >= 11 is 0. The minimum Gasteiger partial charge on any atom is -0.507 e. The van der Waals surface area contributed by atoms with Crippen molar-refractivity contribution in [1.82, 2.24) is 0 Å². The largest absolute Gasteiger partial charge is 0.507 e. The number of aromatic hydroxyl groups is 1. The highest BCUT2D eigenvalue weighted by atomic mass is 32.3. The number of benzene rings is 2. The van der Waals surface area contributed by atoms with Crippen molar-refractivity contribution in [2.45, 2.75) is 0 Å². The van der Waals surface area contributed by atoms with E-state index in [9.17, 15) is 48.0 Å². The Morgan fingerprint density at radius 1 is 0.800 bits per heavy atom. The zero-order valence-electron chi connectivity index (χ0n) is 17.2. The number of carboxylic acids is 3. The Morgan fingerprint density at radius 3 is 1.91 bits per heavy atom. The smallest absolute Gasteiger partial charge is 0.446 e. The lowest BCUT2D eigenvalue weighted by atomic mass is 9.87. The number of ketones is 1. The third-order valence-electron chi connectivity index (χ3n) is 4.71. The van der Waals surface area contributed by atoms with Crippen molar-refractivity contribution in [3.05, 3.63) is 88.0 Å². The Labute approximate surface area is 196 Å². The highest BCUT2D eigenvalue weighted by Crippen LogP contribution is 2.35. The van der Waals surface area contributed by atoms with Gasteiger partial charge in [0.25, 0.3) is 0 Å². The number of rotatable bonds is 7. The molecule has 5 N–H and O–H groups in total. The van der Waals surface area contributed by atoms with Crippen molar-refractivity contribution < 1.29 is 56.8 Å². The molecule has 180 valence electrons. The molecule has 2 aromatic carbocycles. The van der Waals surface area contributed by atoms with Gasteiger partial charge in [-0.2, -0.15) is 8.42 Å². The van der Waals surface area contributed by atoms with Crippen LogP contribution in [0.3, 0.4) is 0 Å². The van der Waals surface area contributed by atoms with Gasteiger partial charge in [0.2, 0.25) is 0 Å². The lowest BCUT2D eigenvalue weighted by molar-refractivity contribution is -0.134. The lowest BCUT2D eigenvalue weighted by Gasteiger charge is -2.17. The van der Waals surface area contributed by atoms with E-state index < -0.39 is 62.3 Å². The molecule has 12 nitrogen and oxygen atoms in total. The average molecular weight is 502 g/mol. The Morgan fingerprint density at radius 2 is 1.37 bits per heavy atom. The van der Waals surface area contributed by atoms with E-state index in [0.717, 1.165) is 36.4 Å². The Hall–Kier alpha value is -4.75. The summed E-state index contributed by atoms with van der Waals surface area (Å²) in [7, 11) is -5.07. The van der Waals surface area contributed by atoms with Gasteiger partial charge in [0.15, 0.2) is 11.5 Å². The van der Waals surface area contributed by atoms with Gasteiger partial charge >= 0.3 is 28.3 Å². The summed E-state index contributed by atoms with van der Waals surface area (Å²) < 4.78 is 35.3. The van der Waals surface area contributed by atoms with Crippen LogP contribution in [-0.4, -0.2) is 57.1 Å². The van der Waals surface area contributed by atoms with Crippen molar-refractivity contribution in [2.75, 3.05) is 0 Å². The standard InChI is InChI=1S/C22H14O12S/c23-16-4-1-10(7-13(16)20(25)26)19(11-2-5-17(24)14(8-11)21(27)28)12-3-6-18(34-35(31,32)33)15(9-12)22(29)30/h1-9,23H,(H,25,26)(H,27,28)(H,29,30)(H,31,32,33). The van der Waals surface area contributed by atoms with E-state index in [4.69, 9.17) is 4.55 Å². The molecule has 0 saturated carbocycles. The molecule has 0 fully saturated rings. The van der Waals surface area contributed by atoms with Gasteiger partial charge in [-0.1, -0.05) is 18.2 Å². The first-order valence-corrected chi connectivity index (χ1v) is 10.7. The zero-order valence-corrected chi connectivity index (χ0v) is 18.0. The molecule has 0 aromatic heterocycles. The van der Waals surface area contributed by atoms with Crippen LogP contribution >= 0.6 is 0 Å². The van der Waals surface area contributed by atoms with Gasteiger partial charge < -0.3 is 24.6 Å². The SMILES string of the molecule is O=C(O)C1=CC(=C(c2ccc(O)c(C(=O)O)c2)c2ccc(OS(=O)(=O)O)c(C(=O)O)c2)C=CC1=O. The van der Waals surface area contributed by atoms with Crippen molar-refractivity contribution in [3.8, 4) is 11.5 Å². The van der Waals surface area contributed by atoms with E-state index in [2.05, 4.69) is 4.18 Å². The summed E-state index contributed by atoms with van der Waals surface area (Å²) in [5, 5.41) is 38.1. The number of carboxylic acid groups (broad SMARTS) is 3. The molecule has 0 saturated heterocycles. The highest BCUT2D eigenvalue weighted by Gasteiger charge is 2.24. The van der Waals surface area contributed by atoms with Crippen molar-refractivity contribution in [3.63, 3.8) is 0 Å². The zero-order chi connectivity index (χ0) is 26.1. The van der Waals surface area contributed by atoms with E-state index in [-0.39, 0.29) is 22.3 Å². The topological polar surface area (TPSA) is 213 Å². The third kappa shape index (κ3) is 5.43. The molecular weight excluding hydrogens is 488 g/mol. The summed E-state index contributed by atoms with van der Waals surface area (Å²) in [6, 6.07) is 6.38. The van der Waals surface area contributed by atoms with Crippen molar-refractivity contribution in [2.24, 2.45) is 0 Å². The number of aromatic carboxylic acids is 2. The van der Waals surface area contributed by atoms with Crippen LogP contribution in [0.4, 0.5) is 0 Å². The number of phenols is 1.